The average molecular weight is 289 g/mol. The molecule has 0 atom stereocenters. The lowest BCUT2D eigenvalue weighted by Gasteiger charge is -2.42. The van der Waals surface area contributed by atoms with Crippen molar-refractivity contribution in [3.05, 3.63) is 34.2 Å². The van der Waals surface area contributed by atoms with Gasteiger partial charge in [-0.2, -0.15) is 0 Å². The van der Waals surface area contributed by atoms with Gasteiger partial charge in [0.05, 0.1) is 6.04 Å². The summed E-state index contributed by atoms with van der Waals surface area (Å²) in [5.74, 6) is -0.702. The van der Waals surface area contributed by atoms with Crippen LogP contribution in [0.1, 0.15) is 23.2 Å². The van der Waals surface area contributed by atoms with E-state index in [0.717, 1.165) is 0 Å². The molecule has 3 amide bonds. The first kappa shape index (κ1) is 13.5. The maximum absolute atomic E-state index is 12.2. The maximum atomic E-state index is 12.2. The van der Waals surface area contributed by atoms with Gasteiger partial charge in [-0.15, -0.1) is 0 Å². The zero-order valence-corrected chi connectivity index (χ0v) is 11.6. The molecule has 7 heteroatoms. The molecule has 0 spiro atoms. The Labute approximate surface area is 120 Å². The van der Waals surface area contributed by atoms with E-state index < -0.39 is 0 Å². The summed E-state index contributed by atoms with van der Waals surface area (Å²) in [7, 11) is 1.58. The number of nitrogens with zero attached hydrogens (tertiary/aromatic N) is 3. The molecule has 0 saturated carbocycles. The topological polar surface area (TPSA) is 79.7 Å². The van der Waals surface area contributed by atoms with Crippen molar-refractivity contribution in [2.45, 2.75) is 18.9 Å². The van der Waals surface area contributed by atoms with Crippen LogP contribution in [0.2, 0.25) is 0 Å². The van der Waals surface area contributed by atoms with Gasteiger partial charge >= 0.3 is 0 Å². The van der Waals surface area contributed by atoms with E-state index >= 15 is 0 Å². The molecule has 110 valence electrons. The predicted molar refractivity (Wildman–Crippen MR) is 72.5 cm³/mol. The number of imide groups is 1. The minimum atomic E-state index is -0.355. The molecule has 2 saturated heterocycles. The number of aryl methyl sites for hydroxylation is 1. The van der Waals surface area contributed by atoms with Crippen LogP contribution >= 0.6 is 0 Å². The second kappa shape index (κ2) is 4.83. The first-order valence-electron chi connectivity index (χ1n) is 6.79. The normalized spacial score (nSPS) is 19.1. The van der Waals surface area contributed by atoms with Crippen LogP contribution < -0.4 is 5.56 Å². The van der Waals surface area contributed by atoms with Crippen molar-refractivity contribution in [3.8, 4) is 0 Å². The summed E-state index contributed by atoms with van der Waals surface area (Å²) in [6, 6.07) is 2.88. The molecule has 0 bridgehead atoms. The molecule has 3 heterocycles. The summed E-state index contributed by atoms with van der Waals surface area (Å²) in [5.41, 5.74) is -0.239. The summed E-state index contributed by atoms with van der Waals surface area (Å²) >= 11 is 0. The van der Waals surface area contributed by atoms with E-state index in [2.05, 4.69) is 0 Å². The number of carbonyl (C=O) groups excluding carboxylic acids is 3. The van der Waals surface area contributed by atoms with Crippen molar-refractivity contribution in [1.29, 1.82) is 0 Å². The standard InChI is InChI=1S/C14H15N3O4/c1-15-6-2-3-10(13(15)20)14(21)16-7-9(8-16)17-11(18)4-5-12(17)19/h2-3,6,9H,4-5,7-8H2,1H3. The molecule has 1 aromatic rings. The van der Waals surface area contributed by atoms with Gasteiger partial charge in [0, 0.05) is 39.2 Å². The van der Waals surface area contributed by atoms with Crippen molar-refractivity contribution in [2.24, 2.45) is 7.05 Å². The van der Waals surface area contributed by atoms with E-state index in [9.17, 15) is 19.2 Å². The summed E-state index contributed by atoms with van der Waals surface area (Å²) in [6.07, 6.45) is 2.09. The molecule has 2 fully saturated rings. The summed E-state index contributed by atoms with van der Waals surface area (Å²) in [4.78, 5) is 50.1. The highest BCUT2D eigenvalue weighted by Gasteiger charge is 2.43. The molecule has 0 unspecified atom stereocenters. The highest BCUT2D eigenvalue weighted by molar-refractivity contribution is 6.03. The maximum Gasteiger partial charge on any atom is 0.263 e. The minimum absolute atomic E-state index is 0.109. The Balaban J connectivity index is 1.70. The second-order valence-corrected chi connectivity index (χ2v) is 5.36. The van der Waals surface area contributed by atoms with E-state index in [0.29, 0.717) is 13.1 Å². The van der Waals surface area contributed by atoms with Crippen molar-refractivity contribution in [3.63, 3.8) is 0 Å². The molecule has 0 N–H and O–H groups in total. The lowest BCUT2D eigenvalue weighted by Crippen LogP contribution is -2.62. The average Bonchev–Trinajstić information content (AvgIpc) is 2.72. The molecule has 3 rings (SSSR count). The fourth-order valence-corrected chi connectivity index (χ4v) is 2.72. The van der Waals surface area contributed by atoms with E-state index in [1.807, 2.05) is 0 Å². The number of hydrogen-bond acceptors (Lipinski definition) is 4. The molecule has 0 aliphatic carbocycles. The molecular formula is C14H15N3O4. The quantitative estimate of drug-likeness (QED) is 0.678. The Morgan fingerprint density at radius 1 is 1.14 bits per heavy atom. The minimum Gasteiger partial charge on any atom is -0.334 e. The van der Waals surface area contributed by atoms with Crippen LogP contribution in [0.5, 0.6) is 0 Å². The molecule has 0 radical (unpaired) electrons. The van der Waals surface area contributed by atoms with Crippen LogP contribution in [0.15, 0.2) is 23.1 Å². The smallest absolute Gasteiger partial charge is 0.263 e. The van der Waals surface area contributed by atoms with Gasteiger partial charge in [0.1, 0.15) is 5.56 Å². The third-order valence-corrected chi connectivity index (χ3v) is 3.96. The summed E-state index contributed by atoms with van der Waals surface area (Å²) < 4.78 is 1.35. The van der Waals surface area contributed by atoms with Crippen LogP contribution in [0.3, 0.4) is 0 Å². The first-order valence-corrected chi connectivity index (χ1v) is 6.79. The molecule has 7 nitrogen and oxygen atoms in total. The van der Waals surface area contributed by atoms with Gasteiger partial charge in [-0.25, -0.2) is 0 Å². The van der Waals surface area contributed by atoms with Crippen molar-refractivity contribution in [2.75, 3.05) is 13.1 Å². The molecule has 2 aliphatic heterocycles. The number of likely N-dealkylation sites (tertiary alicyclic amines) is 2. The van der Waals surface area contributed by atoms with Gasteiger partial charge < -0.3 is 9.47 Å². The van der Waals surface area contributed by atoms with E-state index in [4.69, 9.17) is 0 Å². The van der Waals surface area contributed by atoms with Gasteiger partial charge in [0.15, 0.2) is 0 Å². The Morgan fingerprint density at radius 2 is 1.76 bits per heavy atom. The molecular weight excluding hydrogens is 274 g/mol. The third-order valence-electron chi connectivity index (χ3n) is 3.96. The van der Waals surface area contributed by atoms with Crippen LogP contribution in [0, 0.1) is 0 Å². The third kappa shape index (κ3) is 2.14. The molecule has 21 heavy (non-hydrogen) atoms. The Bertz CT molecular complexity index is 672. The van der Waals surface area contributed by atoms with Crippen molar-refractivity contribution >= 4 is 17.7 Å². The number of amides is 3. The number of hydrogen-bond donors (Lipinski definition) is 0. The largest absolute Gasteiger partial charge is 0.334 e. The molecule has 0 aromatic carbocycles. The van der Waals surface area contributed by atoms with Gasteiger partial charge in [-0.3, -0.25) is 24.1 Å². The lowest BCUT2D eigenvalue weighted by molar-refractivity contribution is -0.144. The van der Waals surface area contributed by atoms with Gasteiger partial charge in [-0.1, -0.05) is 0 Å². The van der Waals surface area contributed by atoms with Gasteiger partial charge in [-0.05, 0) is 12.1 Å². The monoisotopic (exact) mass is 289 g/mol. The van der Waals surface area contributed by atoms with E-state index in [1.165, 1.54) is 20.4 Å². The predicted octanol–water partition coefficient (Wildman–Crippen LogP) is -0.641. The second-order valence-electron chi connectivity index (χ2n) is 5.36. The zero-order chi connectivity index (χ0) is 15.1. The van der Waals surface area contributed by atoms with Crippen molar-refractivity contribution in [1.82, 2.24) is 14.4 Å². The molecule has 1 aromatic heterocycles. The van der Waals surface area contributed by atoms with E-state index in [-0.39, 0.29) is 47.7 Å². The van der Waals surface area contributed by atoms with Crippen LogP contribution in [0.25, 0.3) is 0 Å². The SMILES string of the molecule is Cn1cccc(C(=O)N2CC(N3C(=O)CCC3=O)C2)c1=O. The van der Waals surface area contributed by atoms with Gasteiger partial charge in [0.2, 0.25) is 11.8 Å². The number of pyridine rings is 1. The highest BCUT2D eigenvalue weighted by Crippen LogP contribution is 2.23. The van der Waals surface area contributed by atoms with Crippen molar-refractivity contribution < 1.29 is 14.4 Å². The van der Waals surface area contributed by atoms with Crippen LogP contribution in [-0.2, 0) is 16.6 Å². The van der Waals surface area contributed by atoms with Gasteiger partial charge in [0.25, 0.3) is 11.5 Å². The number of rotatable bonds is 2. The van der Waals surface area contributed by atoms with Crippen LogP contribution in [0.4, 0.5) is 0 Å². The highest BCUT2D eigenvalue weighted by atomic mass is 16.2. The lowest BCUT2D eigenvalue weighted by atomic mass is 10.1. The zero-order valence-electron chi connectivity index (χ0n) is 11.6. The fourth-order valence-electron chi connectivity index (χ4n) is 2.72. The van der Waals surface area contributed by atoms with E-state index in [1.54, 1.807) is 19.3 Å². The first-order chi connectivity index (χ1) is 9.99. The molecule has 2 aliphatic rings. The number of aromatic nitrogens is 1. The fraction of sp³-hybridized carbons (Fsp3) is 0.429. The number of carbonyl (C=O) groups is 3. The Kier molecular flexibility index (Phi) is 3.12. The Morgan fingerprint density at radius 3 is 2.38 bits per heavy atom. The Hall–Kier alpha value is -2.44. The summed E-state index contributed by atoms with van der Waals surface area (Å²) in [5, 5.41) is 0. The summed E-state index contributed by atoms with van der Waals surface area (Å²) in [6.45, 7) is 0.600. The van der Waals surface area contributed by atoms with Crippen LogP contribution in [-0.4, -0.2) is 51.2 Å².